The molecule has 40 heavy (non-hydrogen) atoms. The third kappa shape index (κ3) is 4.77. The van der Waals surface area contributed by atoms with Crippen LogP contribution in [0.4, 0.5) is 9.59 Å². The van der Waals surface area contributed by atoms with Gasteiger partial charge < -0.3 is 24.1 Å². The normalized spacial score (nSPS) is 37.9. The number of hydrogen-bond donors (Lipinski definition) is 1. The second kappa shape index (κ2) is 11.5. The molecule has 1 unspecified atom stereocenters. The average molecular weight is 581 g/mol. The highest BCUT2D eigenvalue weighted by atomic mass is 35.5. The van der Waals surface area contributed by atoms with E-state index in [4.69, 9.17) is 30.5 Å². The molecule has 4 rings (SSSR count). The second-order valence-electron chi connectivity index (χ2n) is 12.0. The van der Waals surface area contributed by atoms with Crippen LogP contribution in [0.15, 0.2) is 23.8 Å². The standard InChI is InChI=1S/C30H41ClO9/c1-5-7-15-38-26(36)40-29(24(34)18-39-25(35)37-14-6-2)13-11-21-22-9-8-19-16-20(32)10-12-27(19,3)30(22,31)23(33)17-28(21,29)4/h10,12,16,21-23,33H,5-9,11,13-15,17-18H2,1-4H3/t21-,22-,23?,27-,28-,29-,30-/m0/s1. The van der Waals surface area contributed by atoms with Crippen molar-refractivity contribution in [3.05, 3.63) is 23.8 Å². The van der Waals surface area contributed by atoms with E-state index in [2.05, 4.69) is 0 Å². The number of halogens is 1. The third-order valence-corrected chi connectivity index (χ3v) is 10.9. The molecule has 0 amide bonds. The lowest BCUT2D eigenvalue weighted by molar-refractivity contribution is -0.179. The minimum atomic E-state index is -1.69. The Balaban J connectivity index is 1.68. The number of allylic oxidation sites excluding steroid dienone is 4. The SMILES string of the molecule is CCCCOC(=O)O[C@]1(C(=O)COC(=O)OCCC)CC[C@H]2[C@@H]3CCC4=CC(=O)C=C[C@]4(C)[C@@]3(Cl)C(O)C[C@@]21C. The van der Waals surface area contributed by atoms with E-state index in [1.165, 1.54) is 6.08 Å². The molecule has 222 valence electrons. The summed E-state index contributed by atoms with van der Waals surface area (Å²) < 4.78 is 21.3. The maximum atomic E-state index is 13.9. The quantitative estimate of drug-likeness (QED) is 0.215. The summed E-state index contributed by atoms with van der Waals surface area (Å²) in [5, 5.41) is 11.8. The molecule has 0 aromatic carbocycles. The first-order valence-corrected chi connectivity index (χ1v) is 14.8. The van der Waals surface area contributed by atoms with Crippen LogP contribution in [-0.4, -0.2) is 65.4 Å². The van der Waals surface area contributed by atoms with Gasteiger partial charge in [-0.15, -0.1) is 11.6 Å². The summed E-state index contributed by atoms with van der Waals surface area (Å²) in [6, 6.07) is 0. The fourth-order valence-corrected chi connectivity index (χ4v) is 8.34. The van der Waals surface area contributed by atoms with Gasteiger partial charge in [-0.3, -0.25) is 9.59 Å². The molecule has 4 aliphatic rings. The van der Waals surface area contributed by atoms with E-state index >= 15 is 0 Å². The Hall–Kier alpha value is -2.39. The predicted octanol–water partition coefficient (Wildman–Crippen LogP) is 5.45. The van der Waals surface area contributed by atoms with Gasteiger partial charge in [0.25, 0.3) is 0 Å². The Morgan fingerprint density at radius 2 is 1.75 bits per heavy atom. The highest BCUT2D eigenvalue weighted by Gasteiger charge is 2.74. The summed E-state index contributed by atoms with van der Waals surface area (Å²) in [4.78, 5) is 49.9. The molecule has 4 aliphatic carbocycles. The van der Waals surface area contributed by atoms with Crippen LogP contribution >= 0.6 is 11.6 Å². The van der Waals surface area contributed by atoms with Crippen molar-refractivity contribution in [2.75, 3.05) is 19.8 Å². The van der Waals surface area contributed by atoms with Crippen molar-refractivity contribution >= 4 is 35.5 Å². The lowest BCUT2D eigenvalue weighted by Gasteiger charge is -2.63. The molecule has 7 atom stereocenters. The highest BCUT2D eigenvalue weighted by molar-refractivity contribution is 6.26. The van der Waals surface area contributed by atoms with Crippen LogP contribution < -0.4 is 0 Å². The number of ketones is 2. The fraction of sp³-hybridized carbons (Fsp3) is 0.733. The Morgan fingerprint density at radius 1 is 1.02 bits per heavy atom. The van der Waals surface area contributed by atoms with Gasteiger partial charge in [-0.1, -0.05) is 45.8 Å². The van der Waals surface area contributed by atoms with Gasteiger partial charge in [0.1, 0.15) is 0 Å². The minimum Gasteiger partial charge on any atom is -0.434 e. The number of rotatable bonds is 9. The zero-order chi connectivity index (χ0) is 29.3. The second-order valence-corrected chi connectivity index (χ2v) is 12.6. The van der Waals surface area contributed by atoms with Crippen molar-refractivity contribution in [1.82, 2.24) is 0 Å². The van der Waals surface area contributed by atoms with Gasteiger partial charge in [0.05, 0.1) is 24.2 Å². The molecule has 0 saturated heterocycles. The van der Waals surface area contributed by atoms with Gasteiger partial charge in [-0.2, -0.15) is 0 Å². The fourth-order valence-electron chi connectivity index (χ4n) is 7.82. The van der Waals surface area contributed by atoms with Crippen LogP contribution in [0.3, 0.4) is 0 Å². The number of fused-ring (bicyclic) bond motifs is 5. The molecule has 0 heterocycles. The Morgan fingerprint density at radius 3 is 2.45 bits per heavy atom. The van der Waals surface area contributed by atoms with Crippen molar-refractivity contribution in [2.45, 2.75) is 95.6 Å². The van der Waals surface area contributed by atoms with Crippen molar-refractivity contribution in [3.8, 4) is 0 Å². The van der Waals surface area contributed by atoms with Gasteiger partial charge in [0, 0.05) is 10.8 Å². The first-order chi connectivity index (χ1) is 18.9. The van der Waals surface area contributed by atoms with Crippen molar-refractivity contribution in [1.29, 1.82) is 0 Å². The number of unbranched alkanes of at least 4 members (excludes halogenated alkanes) is 1. The Kier molecular flexibility index (Phi) is 8.77. The summed E-state index contributed by atoms with van der Waals surface area (Å²) in [5.74, 6) is -1.12. The third-order valence-electron chi connectivity index (χ3n) is 9.93. The maximum absolute atomic E-state index is 13.9. The number of aliphatic hydroxyl groups is 1. The van der Waals surface area contributed by atoms with E-state index in [1.54, 1.807) is 12.2 Å². The van der Waals surface area contributed by atoms with Gasteiger partial charge in [-0.25, -0.2) is 9.59 Å². The average Bonchev–Trinajstić information content (AvgIpc) is 3.19. The van der Waals surface area contributed by atoms with E-state index < -0.39 is 52.1 Å². The molecule has 0 aromatic rings. The van der Waals surface area contributed by atoms with Gasteiger partial charge in [0.15, 0.2) is 18.0 Å². The van der Waals surface area contributed by atoms with E-state index in [9.17, 15) is 24.3 Å². The number of aliphatic hydroxyl groups excluding tert-OH is 1. The number of Topliss-reactive ketones (excluding diaryl/α,β-unsaturated/α-hetero) is 1. The number of carbonyl (C=O) groups excluding carboxylic acids is 4. The molecular weight excluding hydrogens is 540 g/mol. The van der Waals surface area contributed by atoms with Gasteiger partial charge in [0.2, 0.25) is 5.78 Å². The molecule has 0 aliphatic heterocycles. The Bertz CT molecular complexity index is 1100. The number of carbonyl (C=O) groups is 4. The highest BCUT2D eigenvalue weighted by Crippen LogP contribution is 2.71. The number of ether oxygens (including phenoxy) is 4. The summed E-state index contributed by atoms with van der Waals surface area (Å²) in [6.07, 6.45) is 5.92. The lowest BCUT2D eigenvalue weighted by atomic mass is 9.45. The first-order valence-electron chi connectivity index (χ1n) is 14.4. The summed E-state index contributed by atoms with van der Waals surface area (Å²) in [6.45, 7) is 7.26. The smallest absolute Gasteiger partial charge is 0.434 e. The summed E-state index contributed by atoms with van der Waals surface area (Å²) >= 11 is 7.48. The van der Waals surface area contributed by atoms with Gasteiger partial charge in [-0.05, 0) is 68.9 Å². The van der Waals surface area contributed by atoms with Crippen molar-refractivity contribution in [3.63, 3.8) is 0 Å². The minimum absolute atomic E-state index is 0.0661. The first kappa shape index (κ1) is 30.6. The van der Waals surface area contributed by atoms with Crippen LogP contribution in [0, 0.1) is 22.7 Å². The molecule has 1 N–H and O–H groups in total. The van der Waals surface area contributed by atoms with E-state index in [1.807, 2.05) is 27.7 Å². The Labute approximate surface area is 240 Å². The van der Waals surface area contributed by atoms with Crippen LogP contribution in [0.1, 0.15) is 79.1 Å². The zero-order valence-electron chi connectivity index (χ0n) is 23.8. The van der Waals surface area contributed by atoms with E-state index in [0.29, 0.717) is 32.1 Å². The molecule has 0 spiro atoms. The molecule has 0 aromatic heterocycles. The molecule has 0 radical (unpaired) electrons. The zero-order valence-corrected chi connectivity index (χ0v) is 24.6. The number of hydrogen-bond acceptors (Lipinski definition) is 9. The number of alkyl halides is 1. The summed E-state index contributed by atoms with van der Waals surface area (Å²) in [5.41, 5.74) is -2.57. The lowest BCUT2D eigenvalue weighted by Crippen LogP contribution is -2.69. The molecule has 3 saturated carbocycles. The molecule has 9 nitrogen and oxygen atoms in total. The largest absolute Gasteiger partial charge is 0.509 e. The maximum Gasteiger partial charge on any atom is 0.509 e. The molecular formula is C30H41ClO9. The van der Waals surface area contributed by atoms with Crippen LogP contribution in [-0.2, 0) is 28.5 Å². The molecule has 3 fully saturated rings. The van der Waals surface area contributed by atoms with Gasteiger partial charge >= 0.3 is 12.3 Å². The van der Waals surface area contributed by atoms with Crippen LogP contribution in [0.5, 0.6) is 0 Å². The van der Waals surface area contributed by atoms with Crippen LogP contribution in [0.25, 0.3) is 0 Å². The van der Waals surface area contributed by atoms with Crippen molar-refractivity contribution in [2.24, 2.45) is 22.7 Å². The predicted molar refractivity (Wildman–Crippen MR) is 146 cm³/mol. The topological polar surface area (TPSA) is 125 Å². The monoisotopic (exact) mass is 580 g/mol. The molecule has 10 heteroatoms. The van der Waals surface area contributed by atoms with Crippen LogP contribution in [0.2, 0.25) is 0 Å². The van der Waals surface area contributed by atoms with Crippen molar-refractivity contribution < 1.29 is 43.2 Å². The van der Waals surface area contributed by atoms with E-state index in [0.717, 1.165) is 12.0 Å². The molecule has 0 bridgehead atoms. The van der Waals surface area contributed by atoms with E-state index in [-0.39, 0.29) is 43.7 Å². The summed E-state index contributed by atoms with van der Waals surface area (Å²) in [7, 11) is 0.